The highest BCUT2D eigenvalue weighted by Gasteiger charge is 2.37. The molecule has 33 heavy (non-hydrogen) atoms. The van der Waals surface area contributed by atoms with Crippen LogP contribution in [0.4, 0.5) is 17.6 Å². The van der Waals surface area contributed by atoms with Crippen LogP contribution in [0, 0.1) is 29.2 Å². The van der Waals surface area contributed by atoms with Crippen molar-refractivity contribution >= 4 is 23.4 Å². The summed E-state index contributed by atoms with van der Waals surface area (Å²) in [4.78, 5) is 20.3. The van der Waals surface area contributed by atoms with Crippen LogP contribution in [0.3, 0.4) is 0 Å². The van der Waals surface area contributed by atoms with E-state index in [4.69, 9.17) is 17.3 Å². The molecule has 4 N–H and O–H groups in total. The minimum absolute atomic E-state index is 0.0282. The summed E-state index contributed by atoms with van der Waals surface area (Å²) in [6.07, 6.45) is 3.15. The summed E-state index contributed by atoms with van der Waals surface area (Å²) >= 11 is 6.02. The molecule has 1 atom stereocenters. The third kappa shape index (κ3) is 4.45. The number of pyridine rings is 1. The van der Waals surface area contributed by atoms with Gasteiger partial charge in [0.25, 0.3) is 0 Å². The number of carboxylic acid groups (broad SMARTS) is 1. The molecule has 1 fully saturated rings. The van der Waals surface area contributed by atoms with E-state index >= 15 is 0 Å². The van der Waals surface area contributed by atoms with Gasteiger partial charge in [0.15, 0.2) is 23.3 Å². The Morgan fingerprint density at radius 1 is 1.12 bits per heavy atom. The maximum Gasteiger partial charge on any atom is 0.335 e. The van der Waals surface area contributed by atoms with Crippen LogP contribution in [0.1, 0.15) is 43.0 Å². The lowest BCUT2D eigenvalue weighted by molar-refractivity contribution is -0.133. The van der Waals surface area contributed by atoms with Gasteiger partial charge in [-0.1, -0.05) is 17.7 Å². The summed E-state index contributed by atoms with van der Waals surface area (Å²) in [5.41, 5.74) is 5.52. The Morgan fingerprint density at radius 3 is 2.45 bits per heavy atom. The summed E-state index contributed by atoms with van der Waals surface area (Å²) < 4.78 is 55.8. The number of aliphatic imine (C=N–C) groups is 1. The van der Waals surface area contributed by atoms with Crippen LogP contribution in [0.2, 0.25) is 5.02 Å². The highest BCUT2D eigenvalue weighted by Crippen LogP contribution is 2.41. The molecule has 1 unspecified atom stereocenters. The molecule has 174 valence electrons. The van der Waals surface area contributed by atoms with E-state index in [0.29, 0.717) is 31.7 Å². The number of rotatable bonds is 4. The van der Waals surface area contributed by atoms with Crippen LogP contribution >= 0.6 is 11.6 Å². The molecule has 1 saturated carbocycles. The minimum atomic E-state index is -1.39. The van der Waals surface area contributed by atoms with Gasteiger partial charge in [-0.3, -0.25) is 4.99 Å². The molecular weight excluding hydrogens is 464 g/mol. The topological polar surface area (TPSA) is 101 Å². The van der Waals surface area contributed by atoms with E-state index in [1.165, 1.54) is 0 Å². The first-order chi connectivity index (χ1) is 15.7. The van der Waals surface area contributed by atoms with Gasteiger partial charge in [-0.15, -0.1) is 0 Å². The molecule has 0 saturated heterocycles. The van der Waals surface area contributed by atoms with E-state index in [1.54, 1.807) is 0 Å². The SMILES string of the molecule is NC1CCC(C2=C(C(=O)O)C(c3ccc(F)c(F)c3Cl)N=C(c3ncc(F)cc3F)N2)CC1. The lowest BCUT2D eigenvalue weighted by atomic mass is 9.80. The van der Waals surface area contributed by atoms with Gasteiger partial charge >= 0.3 is 5.97 Å². The molecule has 0 spiro atoms. The van der Waals surface area contributed by atoms with Gasteiger partial charge in [-0.05, 0) is 37.7 Å². The van der Waals surface area contributed by atoms with Crippen molar-refractivity contribution in [1.29, 1.82) is 0 Å². The summed E-state index contributed by atoms with van der Waals surface area (Å²) in [5.74, 6) is -6.32. The Labute approximate surface area is 191 Å². The largest absolute Gasteiger partial charge is 0.478 e. The number of amidine groups is 1. The van der Waals surface area contributed by atoms with Crippen molar-refractivity contribution in [2.45, 2.75) is 37.8 Å². The number of nitrogens with two attached hydrogens (primary N) is 1. The molecule has 0 bridgehead atoms. The third-order valence-corrected chi connectivity index (χ3v) is 6.26. The maximum absolute atomic E-state index is 14.5. The maximum atomic E-state index is 14.5. The van der Waals surface area contributed by atoms with E-state index in [9.17, 15) is 27.5 Å². The van der Waals surface area contributed by atoms with Gasteiger partial charge in [-0.25, -0.2) is 27.3 Å². The normalized spacial score (nSPS) is 23.2. The highest BCUT2D eigenvalue weighted by atomic mass is 35.5. The van der Waals surface area contributed by atoms with E-state index in [2.05, 4.69) is 15.3 Å². The summed E-state index contributed by atoms with van der Waals surface area (Å²) in [5, 5.41) is 12.3. The molecule has 0 amide bonds. The predicted molar refractivity (Wildman–Crippen MR) is 113 cm³/mol. The molecule has 1 aromatic heterocycles. The number of carboxylic acids is 1. The summed E-state index contributed by atoms with van der Waals surface area (Å²) in [6.45, 7) is 0. The Bertz CT molecular complexity index is 1180. The Morgan fingerprint density at radius 2 is 1.82 bits per heavy atom. The van der Waals surface area contributed by atoms with Crippen LogP contribution in [-0.4, -0.2) is 27.9 Å². The van der Waals surface area contributed by atoms with Crippen molar-refractivity contribution in [1.82, 2.24) is 10.3 Å². The summed E-state index contributed by atoms with van der Waals surface area (Å²) in [7, 11) is 0. The zero-order chi connectivity index (χ0) is 23.9. The number of nitrogens with zero attached hydrogens (tertiary/aromatic N) is 2. The zero-order valence-electron chi connectivity index (χ0n) is 17.1. The third-order valence-electron chi connectivity index (χ3n) is 5.88. The molecule has 2 aliphatic rings. The van der Waals surface area contributed by atoms with E-state index in [-0.39, 0.29) is 40.3 Å². The predicted octanol–water partition coefficient (Wildman–Crippen LogP) is 4.24. The quantitative estimate of drug-likeness (QED) is 0.447. The number of aliphatic carboxylic acids is 1. The second kappa shape index (κ2) is 9.11. The number of carbonyl (C=O) groups is 1. The van der Waals surface area contributed by atoms with Crippen LogP contribution in [0.5, 0.6) is 0 Å². The van der Waals surface area contributed by atoms with Crippen molar-refractivity contribution in [3.05, 3.63) is 75.2 Å². The fourth-order valence-corrected chi connectivity index (χ4v) is 4.47. The average Bonchev–Trinajstić information content (AvgIpc) is 2.77. The summed E-state index contributed by atoms with van der Waals surface area (Å²) in [6, 6.07) is 1.13. The standard InChI is InChI=1S/C22H19ClF4N4O2/c23-16-12(5-6-13(25)17(16)27)19-15(22(32)33)18(9-1-3-11(28)4-2-9)30-21(31-19)20-14(26)7-10(24)8-29-20/h5-9,11,19H,1-4,28H2,(H,30,31)(H,32,33). The van der Waals surface area contributed by atoms with Gasteiger partial charge in [0.05, 0.1) is 16.8 Å². The smallest absolute Gasteiger partial charge is 0.335 e. The lowest BCUT2D eigenvalue weighted by Crippen LogP contribution is -2.39. The Hall–Kier alpha value is -2.98. The van der Waals surface area contributed by atoms with Gasteiger partial charge < -0.3 is 16.2 Å². The number of allylic oxidation sites excluding steroid dienone is 1. The second-order valence-corrected chi connectivity index (χ2v) is 8.38. The molecule has 0 radical (unpaired) electrons. The highest BCUT2D eigenvalue weighted by molar-refractivity contribution is 6.31. The number of halogens is 5. The molecule has 11 heteroatoms. The van der Waals surface area contributed by atoms with Crippen LogP contribution in [0.15, 0.2) is 40.7 Å². The Balaban J connectivity index is 1.91. The van der Waals surface area contributed by atoms with Gasteiger partial charge in [0, 0.05) is 23.4 Å². The molecule has 1 aromatic carbocycles. The zero-order valence-corrected chi connectivity index (χ0v) is 17.8. The molecular formula is C22H19ClF4N4O2. The van der Waals surface area contributed by atoms with Crippen molar-refractivity contribution < 1.29 is 27.5 Å². The van der Waals surface area contributed by atoms with E-state index < -0.39 is 40.3 Å². The first-order valence-corrected chi connectivity index (χ1v) is 10.6. The molecule has 1 aliphatic carbocycles. The van der Waals surface area contributed by atoms with Crippen LogP contribution < -0.4 is 11.1 Å². The van der Waals surface area contributed by atoms with Crippen molar-refractivity contribution in [2.75, 3.05) is 0 Å². The van der Waals surface area contributed by atoms with Gasteiger partial charge in [-0.2, -0.15) is 0 Å². The fraction of sp³-hybridized carbons (Fsp3) is 0.318. The number of hydrogen-bond donors (Lipinski definition) is 3. The van der Waals surface area contributed by atoms with Gasteiger partial charge in [0.2, 0.25) is 0 Å². The monoisotopic (exact) mass is 482 g/mol. The number of aromatic nitrogens is 1. The first-order valence-electron chi connectivity index (χ1n) is 10.2. The molecule has 1 aliphatic heterocycles. The van der Waals surface area contributed by atoms with Crippen LogP contribution in [0.25, 0.3) is 0 Å². The molecule has 2 heterocycles. The molecule has 2 aromatic rings. The average molecular weight is 483 g/mol. The van der Waals surface area contributed by atoms with E-state index in [1.807, 2.05) is 0 Å². The van der Waals surface area contributed by atoms with Crippen molar-refractivity contribution in [3.8, 4) is 0 Å². The Kier molecular flexibility index (Phi) is 6.40. The van der Waals surface area contributed by atoms with Crippen molar-refractivity contribution in [2.24, 2.45) is 16.6 Å². The van der Waals surface area contributed by atoms with Gasteiger partial charge in [0.1, 0.15) is 17.6 Å². The van der Waals surface area contributed by atoms with E-state index in [0.717, 1.165) is 18.3 Å². The fourth-order valence-electron chi connectivity index (χ4n) is 4.22. The van der Waals surface area contributed by atoms with Crippen LogP contribution in [-0.2, 0) is 4.79 Å². The molecule has 4 rings (SSSR count). The number of hydrogen-bond acceptors (Lipinski definition) is 5. The second-order valence-electron chi connectivity index (χ2n) is 8.00. The van der Waals surface area contributed by atoms with Crippen molar-refractivity contribution in [3.63, 3.8) is 0 Å². The minimum Gasteiger partial charge on any atom is -0.478 e. The lowest BCUT2D eigenvalue weighted by Gasteiger charge is -2.34. The number of nitrogens with one attached hydrogen (secondary N) is 1. The first kappa shape index (κ1) is 23.2. The number of benzene rings is 1. The molecule has 6 nitrogen and oxygen atoms in total.